The van der Waals surface area contributed by atoms with E-state index in [9.17, 15) is 0 Å². The standard InChI is InChI=1S/C11H23N/c1-4-10(5-2)8-7-9-11(10,12)6-3/h4-9,12H2,1-3H3. The highest BCUT2D eigenvalue weighted by Gasteiger charge is 2.48. The molecule has 0 radical (unpaired) electrons. The van der Waals surface area contributed by atoms with Crippen LogP contribution in [0.3, 0.4) is 0 Å². The average molecular weight is 169 g/mol. The van der Waals surface area contributed by atoms with Crippen LogP contribution in [0.4, 0.5) is 0 Å². The van der Waals surface area contributed by atoms with Crippen molar-refractivity contribution < 1.29 is 0 Å². The predicted molar refractivity (Wildman–Crippen MR) is 54.1 cm³/mol. The fourth-order valence-electron chi connectivity index (χ4n) is 3.12. The fraction of sp³-hybridized carbons (Fsp3) is 1.00. The summed E-state index contributed by atoms with van der Waals surface area (Å²) in [4.78, 5) is 0. The van der Waals surface area contributed by atoms with Gasteiger partial charge in [-0.3, -0.25) is 0 Å². The van der Waals surface area contributed by atoms with Crippen LogP contribution in [0.15, 0.2) is 0 Å². The van der Waals surface area contributed by atoms with Gasteiger partial charge in [0.25, 0.3) is 0 Å². The average Bonchev–Trinajstić information content (AvgIpc) is 2.44. The SMILES string of the molecule is CCC1(N)CCCC1(CC)CC. The lowest BCUT2D eigenvalue weighted by Crippen LogP contribution is -2.50. The summed E-state index contributed by atoms with van der Waals surface area (Å²) in [7, 11) is 0. The molecule has 1 heteroatoms. The van der Waals surface area contributed by atoms with E-state index in [0.717, 1.165) is 6.42 Å². The van der Waals surface area contributed by atoms with Crippen molar-refractivity contribution in [1.29, 1.82) is 0 Å². The largest absolute Gasteiger partial charge is 0.325 e. The van der Waals surface area contributed by atoms with Crippen LogP contribution in [0.25, 0.3) is 0 Å². The first-order chi connectivity index (χ1) is 5.64. The summed E-state index contributed by atoms with van der Waals surface area (Å²) in [5.41, 5.74) is 7.07. The van der Waals surface area contributed by atoms with Crippen LogP contribution in [0.2, 0.25) is 0 Å². The van der Waals surface area contributed by atoms with E-state index < -0.39 is 0 Å². The van der Waals surface area contributed by atoms with Gasteiger partial charge in [-0.1, -0.05) is 27.2 Å². The minimum Gasteiger partial charge on any atom is -0.325 e. The third-order valence-corrected chi connectivity index (χ3v) is 4.32. The lowest BCUT2D eigenvalue weighted by atomic mass is 9.67. The van der Waals surface area contributed by atoms with Gasteiger partial charge in [-0.2, -0.15) is 0 Å². The Morgan fingerprint density at radius 1 is 1.00 bits per heavy atom. The van der Waals surface area contributed by atoms with Crippen LogP contribution < -0.4 is 5.73 Å². The zero-order valence-electron chi connectivity index (χ0n) is 8.82. The summed E-state index contributed by atoms with van der Waals surface area (Å²) < 4.78 is 0. The third-order valence-electron chi connectivity index (χ3n) is 4.32. The van der Waals surface area contributed by atoms with Crippen molar-refractivity contribution in [1.82, 2.24) is 0 Å². The molecule has 1 saturated carbocycles. The molecule has 1 aliphatic rings. The Labute approximate surface area is 76.7 Å². The molecule has 1 aliphatic carbocycles. The fourth-order valence-corrected chi connectivity index (χ4v) is 3.12. The summed E-state index contributed by atoms with van der Waals surface area (Å²) in [6, 6.07) is 0. The Hall–Kier alpha value is -0.0400. The second-order valence-electron chi connectivity index (χ2n) is 4.35. The van der Waals surface area contributed by atoms with Crippen molar-refractivity contribution in [2.45, 2.75) is 64.8 Å². The van der Waals surface area contributed by atoms with Gasteiger partial charge in [-0.25, -0.2) is 0 Å². The third kappa shape index (κ3) is 1.19. The van der Waals surface area contributed by atoms with Crippen molar-refractivity contribution in [3.63, 3.8) is 0 Å². The molecule has 0 aromatic rings. The molecular formula is C11H23N. The van der Waals surface area contributed by atoms with E-state index in [4.69, 9.17) is 5.73 Å². The summed E-state index contributed by atoms with van der Waals surface area (Å²) in [5.74, 6) is 0. The molecule has 0 saturated heterocycles. The topological polar surface area (TPSA) is 26.0 Å². The van der Waals surface area contributed by atoms with Gasteiger partial charge >= 0.3 is 0 Å². The summed E-state index contributed by atoms with van der Waals surface area (Å²) in [6.45, 7) is 6.84. The Bertz CT molecular complexity index is 149. The van der Waals surface area contributed by atoms with E-state index in [1.54, 1.807) is 0 Å². The van der Waals surface area contributed by atoms with Gasteiger partial charge in [0.05, 0.1) is 0 Å². The maximum Gasteiger partial charge on any atom is 0.0208 e. The van der Waals surface area contributed by atoms with E-state index in [2.05, 4.69) is 20.8 Å². The minimum absolute atomic E-state index is 0.149. The molecule has 0 aromatic carbocycles. The zero-order chi connectivity index (χ0) is 9.24. The van der Waals surface area contributed by atoms with Gasteiger partial charge in [0.15, 0.2) is 0 Å². The maximum atomic E-state index is 6.46. The molecular weight excluding hydrogens is 146 g/mol. The monoisotopic (exact) mass is 169 g/mol. The smallest absolute Gasteiger partial charge is 0.0208 e. The molecule has 1 atom stereocenters. The number of nitrogens with two attached hydrogens (primary N) is 1. The van der Waals surface area contributed by atoms with Crippen LogP contribution in [-0.2, 0) is 0 Å². The highest BCUT2D eigenvalue weighted by molar-refractivity contribution is 5.04. The first kappa shape index (κ1) is 10.0. The van der Waals surface area contributed by atoms with Crippen molar-refractivity contribution >= 4 is 0 Å². The van der Waals surface area contributed by atoms with Crippen LogP contribution >= 0.6 is 0 Å². The molecule has 0 amide bonds. The number of hydrogen-bond donors (Lipinski definition) is 1. The van der Waals surface area contributed by atoms with Crippen molar-refractivity contribution in [2.24, 2.45) is 11.1 Å². The lowest BCUT2D eigenvalue weighted by molar-refractivity contribution is 0.138. The van der Waals surface area contributed by atoms with E-state index in [0.29, 0.717) is 5.41 Å². The Balaban J connectivity index is 2.85. The van der Waals surface area contributed by atoms with Gasteiger partial charge in [0, 0.05) is 5.54 Å². The molecule has 1 unspecified atom stereocenters. The summed E-state index contributed by atoms with van der Waals surface area (Å²) in [6.07, 6.45) is 7.60. The minimum atomic E-state index is 0.149. The van der Waals surface area contributed by atoms with Crippen LogP contribution in [-0.4, -0.2) is 5.54 Å². The molecule has 12 heavy (non-hydrogen) atoms. The van der Waals surface area contributed by atoms with Gasteiger partial charge in [0.2, 0.25) is 0 Å². The zero-order valence-corrected chi connectivity index (χ0v) is 8.82. The molecule has 2 N–H and O–H groups in total. The summed E-state index contributed by atoms with van der Waals surface area (Å²) in [5, 5.41) is 0. The van der Waals surface area contributed by atoms with Crippen molar-refractivity contribution in [3.05, 3.63) is 0 Å². The van der Waals surface area contributed by atoms with E-state index in [1.165, 1.54) is 32.1 Å². The lowest BCUT2D eigenvalue weighted by Gasteiger charge is -2.42. The highest BCUT2D eigenvalue weighted by Crippen LogP contribution is 2.51. The summed E-state index contributed by atoms with van der Waals surface area (Å²) >= 11 is 0. The first-order valence-corrected chi connectivity index (χ1v) is 5.43. The molecule has 0 bridgehead atoms. The quantitative estimate of drug-likeness (QED) is 0.690. The highest BCUT2D eigenvalue weighted by atomic mass is 14.8. The van der Waals surface area contributed by atoms with Gasteiger partial charge in [-0.05, 0) is 37.5 Å². The maximum absolute atomic E-state index is 6.46. The van der Waals surface area contributed by atoms with E-state index in [1.807, 2.05) is 0 Å². The molecule has 1 fully saturated rings. The molecule has 0 aliphatic heterocycles. The Kier molecular flexibility index (Phi) is 2.82. The van der Waals surface area contributed by atoms with Gasteiger partial charge < -0.3 is 5.73 Å². The van der Waals surface area contributed by atoms with Crippen LogP contribution in [0.1, 0.15) is 59.3 Å². The molecule has 72 valence electrons. The number of hydrogen-bond acceptors (Lipinski definition) is 1. The first-order valence-electron chi connectivity index (χ1n) is 5.43. The molecule has 0 spiro atoms. The Morgan fingerprint density at radius 3 is 1.92 bits per heavy atom. The normalized spacial score (nSPS) is 34.0. The molecule has 1 nitrogen and oxygen atoms in total. The van der Waals surface area contributed by atoms with Gasteiger partial charge in [0.1, 0.15) is 0 Å². The number of rotatable bonds is 3. The molecule has 0 aromatic heterocycles. The van der Waals surface area contributed by atoms with Crippen LogP contribution in [0, 0.1) is 5.41 Å². The Morgan fingerprint density at radius 2 is 1.58 bits per heavy atom. The van der Waals surface area contributed by atoms with Crippen molar-refractivity contribution in [3.8, 4) is 0 Å². The van der Waals surface area contributed by atoms with Crippen LogP contribution in [0.5, 0.6) is 0 Å². The second-order valence-corrected chi connectivity index (χ2v) is 4.35. The van der Waals surface area contributed by atoms with E-state index >= 15 is 0 Å². The van der Waals surface area contributed by atoms with Crippen molar-refractivity contribution in [2.75, 3.05) is 0 Å². The second kappa shape index (κ2) is 3.37. The predicted octanol–water partition coefficient (Wildman–Crippen LogP) is 3.08. The molecule has 1 rings (SSSR count). The van der Waals surface area contributed by atoms with Gasteiger partial charge in [-0.15, -0.1) is 0 Å². The molecule has 0 heterocycles. The van der Waals surface area contributed by atoms with E-state index in [-0.39, 0.29) is 5.54 Å².